The van der Waals surface area contributed by atoms with Crippen molar-refractivity contribution in [2.75, 3.05) is 30.3 Å². The maximum atomic E-state index is 13.0. The number of carbonyl (C=O) groups excluding carboxylic acids is 2. The number of fused-ring (bicyclic) bond motifs is 1. The van der Waals surface area contributed by atoms with E-state index < -0.39 is 5.91 Å². The summed E-state index contributed by atoms with van der Waals surface area (Å²) in [6, 6.07) is 10.4. The maximum Gasteiger partial charge on any atom is 0.294 e. The van der Waals surface area contributed by atoms with Crippen LogP contribution < -0.4 is 15.4 Å². The van der Waals surface area contributed by atoms with Gasteiger partial charge in [-0.1, -0.05) is 6.07 Å². The summed E-state index contributed by atoms with van der Waals surface area (Å²) < 4.78 is 5.78. The predicted octanol–water partition coefficient (Wildman–Crippen LogP) is 2.30. The van der Waals surface area contributed by atoms with Crippen molar-refractivity contribution < 1.29 is 14.3 Å². The zero-order chi connectivity index (χ0) is 19.4. The van der Waals surface area contributed by atoms with Gasteiger partial charge in [-0.25, -0.2) is 0 Å². The van der Waals surface area contributed by atoms with Crippen LogP contribution in [-0.4, -0.2) is 41.3 Å². The molecule has 0 saturated carbocycles. The number of hydrogen-bond acceptors (Lipinski definition) is 5. The molecule has 0 saturated heterocycles. The lowest BCUT2D eigenvalue weighted by atomic mass is 10.1. The molecular weight excluding hydrogens is 344 g/mol. The van der Waals surface area contributed by atoms with Crippen LogP contribution in [0.4, 0.5) is 11.4 Å². The second kappa shape index (κ2) is 7.90. The number of benzene rings is 1. The van der Waals surface area contributed by atoms with Crippen molar-refractivity contribution in [1.82, 2.24) is 9.88 Å². The zero-order valence-electron chi connectivity index (χ0n) is 15.4. The molecule has 1 aliphatic heterocycles. The van der Waals surface area contributed by atoms with E-state index in [-0.39, 0.29) is 18.2 Å². The molecule has 0 unspecified atom stereocenters. The van der Waals surface area contributed by atoms with Gasteiger partial charge in [-0.3, -0.25) is 19.5 Å². The highest BCUT2D eigenvalue weighted by atomic mass is 16.5. The molecule has 2 aromatic rings. The highest BCUT2D eigenvalue weighted by molar-refractivity contribution is 6.12. The Hall–Kier alpha value is -3.35. The summed E-state index contributed by atoms with van der Waals surface area (Å²) in [6.45, 7) is 4.88. The fraction of sp³-hybridized carbons (Fsp3) is 0.250. The Morgan fingerprint density at radius 1 is 1.26 bits per heavy atom. The number of carbonyl (C=O) groups is 2. The van der Waals surface area contributed by atoms with E-state index in [1.807, 2.05) is 19.9 Å². The van der Waals surface area contributed by atoms with Crippen LogP contribution in [0.3, 0.4) is 0 Å². The van der Waals surface area contributed by atoms with Gasteiger partial charge in [-0.05, 0) is 44.2 Å². The van der Waals surface area contributed by atoms with Crippen molar-refractivity contribution in [2.24, 2.45) is 0 Å². The number of nitrogens with two attached hydrogens (primary N) is 1. The van der Waals surface area contributed by atoms with Gasteiger partial charge in [0.2, 0.25) is 5.91 Å². The van der Waals surface area contributed by atoms with E-state index in [1.54, 1.807) is 47.5 Å². The Morgan fingerprint density at radius 3 is 2.70 bits per heavy atom. The second-order valence-corrected chi connectivity index (χ2v) is 6.05. The van der Waals surface area contributed by atoms with E-state index in [0.717, 1.165) is 0 Å². The van der Waals surface area contributed by atoms with Gasteiger partial charge in [0.05, 0.1) is 11.4 Å². The summed E-state index contributed by atoms with van der Waals surface area (Å²) in [5, 5.41) is 0. The van der Waals surface area contributed by atoms with E-state index in [2.05, 4.69) is 4.98 Å². The lowest BCUT2D eigenvalue weighted by Gasteiger charge is -2.31. The molecule has 2 heterocycles. The standard InChI is InChI=1S/C20H22N4O3/c1-3-23(4-2)19(25)13-24-16-11-14(21)8-9-17(16)27-18(20(24)26)12-15-7-5-6-10-22-15/h5-12H,3-4,13,21H2,1-2H3/b18-12+. The summed E-state index contributed by atoms with van der Waals surface area (Å²) in [6.07, 6.45) is 3.20. The Labute approximate surface area is 158 Å². The van der Waals surface area contributed by atoms with Crippen molar-refractivity contribution in [3.05, 3.63) is 54.0 Å². The zero-order valence-corrected chi connectivity index (χ0v) is 15.4. The number of nitrogens with zero attached hydrogens (tertiary/aromatic N) is 3. The molecule has 1 aromatic heterocycles. The number of ether oxygens (including phenoxy) is 1. The third kappa shape index (κ3) is 3.92. The van der Waals surface area contributed by atoms with Crippen LogP contribution in [0.1, 0.15) is 19.5 Å². The van der Waals surface area contributed by atoms with E-state index in [9.17, 15) is 9.59 Å². The van der Waals surface area contributed by atoms with Crippen LogP contribution in [0.25, 0.3) is 6.08 Å². The Kier molecular flexibility index (Phi) is 5.40. The molecule has 2 N–H and O–H groups in total. The molecule has 7 heteroatoms. The molecule has 0 fully saturated rings. The quantitative estimate of drug-likeness (QED) is 0.648. The molecule has 0 spiro atoms. The second-order valence-electron chi connectivity index (χ2n) is 6.05. The molecule has 7 nitrogen and oxygen atoms in total. The molecule has 140 valence electrons. The van der Waals surface area contributed by atoms with E-state index in [1.165, 1.54) is 4.90 Å². The van der Waals surface area contributed by atoms with Crippen molar-refractivity contribution in [3.8, 4) is 5.75 Å². The van der Waals surface area contributed by atoms with Crippen LogP contribution in [0.15, 0.2) is 48.4 Å². The van der Waals surface area contributed by atoms with Gasteiger partial charge in [-0.2, -0.15) is 0 Å². The maximum absolute atomic E-state index is 13.0. The van der Waals surface area contributed by atoms with Gasteiger partial charge >= 0.3 is 0 Å². The van der Waals surface area contributed by atoms with Gasteiger partial charge in [0.1, 0.15) is 6.54 Å². The van der Waals surface area contributed by atoms with E-state index in [4.69, 9.17) is 10.5 Å². The first-order valence-electron chi connectivity index (χ1n) is 8.83. The van der Waals surface area contributed by atoms with Gasteiger partial charge in [0.15, 0.2) is 11.5 Å². The highest BCUT2D eigenvalue weighted by Gasteiger charge is 2.32. The SMILES string of the molecule is CCN(CC)C(=O)CN1C(=O)/C(=C\c2ccccn2)Oc2ccc(N)cc21. The number of hydrogen-bond donors (Lipinski definition) is 1. The van der Waals surface area contributed by atoms with Crippen molar-refractivity contribution in [1.29, 1.82) is 0 Å². The minimum absolute atomic E-state index is 0.0834. The number of rotatable bonds is 5. The lowest BCUT2D eigenvalue weighted by Crippen LogP contribution is -2.45. The minimum Gasteiger partial charge on any atom is -0.449 e. The van der Waals surface area contributed by atoms with E-state index >= 15 is 0 Å². The number of pyridine rings is 1. The lowest BCUT2D eigenvalue weighted by molar-refractivity contribution is -0.131. The first-order chi connectivity index (χ1) is 13.0. The normalized spacial score (nSPS) is 14.7. The van der Waals surface area contributed by atoms with Gasteiger partial charge in [0.25, 0.3) is 5.91 Å². The molecule has 0 aliphatic carbocycles. The van der Waals surface area contributed by atoms with Gasteiger partial charge < -0.3 is 15.4 Å². The third-order valence-corrected chi connectivity index (χ3v) is 4.33. The van der Waals surface area contributed by atoms with Gasteiger partial charge in [0, 0.05) is 31.0 Å². The first-order valence-corrected chi connectivity index (χ1v) is 8.83. The molecule has 1 aromatic carbocycles. The average molecular weight is 366 g/mol. The van der Waals surface area contributed by atoms with Crippen molar-refractivity contribution >= 4 is 29.3 Å². The molecule has 3 rings (SSSR count). The Bertz CT molecular complexity index is 876. The fourth-order valence-corrected chi connectivity index (χ4v) is 2.89. The first kappa shape index (κ1) is 18.4. The van der Waals surface area contributed by atoms with Crippen LogP contribution in [-0.2, 0) is 9.59 Å². The molecule has 0 bridgehead atoms. The summed E-state index contributed by atoms with van der Waals surface area (Å²) >= 11 is 0. The Balaban J connectivity index is 1.99. The fourth-order valence-electron chi connectivity index (χ4n) is 2.89. The Morgan fingerprint density at radius 2 is 2.04 bits per heavy atom. The van der Waals surface area contributed by atoms with Gasteiger partial charge in [-0.15, -0.1) is 0 Å². The van der Waals surface area contributed by atoms with Crippen LogP contribution >= 0.6 is 0 Å². The summed E-state index contributed by atoms with van der Waals surface area (Å²) in [7, 11) is 0. The number of amides is 2. The summed E-state index contributed by atoms with van der Waals surface area (Å²) in [5.41, 5.74) is 7.44. The van der Waals surface area contributed by atoms with Crippen LogP contribution in [0.5, 0.6) is 5.75 Å². The highest BCUT2D eigenvalue weighted by Crippen LogP contribution is 2.37. The smallest absolute Gasteiger partial charge is 0.294 e. The largest absolute Gasteiger partial charge is 0.449 e. The molecule has 2 amide bonds. The number of nitrogen functional groups attached to an aromatic ring is 1. The molecule has 0 radical (unpaired) electrons. The minimum atomic E-state index is -0.403. The summed E-state index contributed by atoms with van der Waals surface area (Å²) in [4.78, 5) is 32.9. The molecule has 0 atom stereocenters. The number of likely N-dealkylation sites (N-methyl/N-ethyl adjacent to an activating group) is 1. The van der Waals surface area contributed by atoms with Crippen LogP contribution in [0, 0.1) is 0 Å². The number of anilines is 2. The van der Waals surface area contributed by atoms with Crippen LogP contribution in [0.2, 0.25) is 0 Å². The monoisotopic (exact) mass is 366 g/mol. The molecule has 1 aliphatic rings. The summed E-state index contributed by atoms with van der Waals surface area (Å²) in [5.74, 6) is 0.0386. The average Bonchev–Trinajstić information content (AvgIpc) is 2.67. The number of aromatic nitrogens is 1. The van der Waals surface area contributed by atoms with E-state index in [0.29, 0.717) is 35.9 Å². The third-order valence-electron chi connectivity index (χ3n) is 4.33. The molecular formula is C20H22N4O3. The molecule has 27 heavy (non-hydrogen) atoms. The van der Waals surface area contributed by atoms with Crippen molar-refractivity contribution in [3.63, 3.8) is 0 Å². The van der Waals surface area contributed by atoms with Crippen molar-refractivity contribution in [2.45, 2.75) is 13.8 Å². The topological polar surface area (TPSA) is 88.8 Å². The predicted molar refractivity (Wildman–Crippen MR) is 104 cm³/mol.